The molecule has 1 saturated carbocycles. The molecule has 5 aromatic rings. The molecule has 1 aliphatic carbocycles. The van der Waals surface area contributed by atoms with Gasteiger partial charge in [0.05, 0.1) is 18.0 Å². The molecule has 6 rings (SSSR count). The Morgan fingerprint density at radius 1 is 1.12 bits per heavy atom. The summed E-state index contributed by atoms with van der Waals surface area (Å²) in [5.41, 5.74) is 10.5. The molecule has 0 bridgehead atoms. The van der Waals surface area contributed by atoms with Gasteiger partial charge in [0.2, 0.25) is 5.82 Å². The van der Waals surface area contributed by atoms with E-state index in [4.69, 9.17) is 20.7 Å². The number of fused-ring (bicyclic) bond motifs is 3. The lowest BCUT2D eigenvalue weighted by molar-refractivity contribution is 0.410. The zero-order valence-corrected chi connectivity index (χ0v) is 18.9. The minimum atomic E-state index is 0.292. The first-order valence-corrected chi connectivity index (χ1v) is 11.6. The Bertz CT molecular complexity index is 1450. The first-order valence-electron chi connectivity index (χ1n) is 11.6. The summed E-state index contributed by atoms with van der Waals surface area (Å²) in [5.74, 6) is 2.11. The van der Waals surface area contributed by atoms with Crippen LogP contribution in [0.4, 0.5) is 5.82 Å². The minimum Gasteiger partial charge on any atom is -0.367 e. The molecule has 10 heteroatoms. The molecule has 172 valence electrons. The van der Waals surface area contributed by atoms with Crippen molar-refractivity contribution in [3.05, 3.63) is 54.0 Å². The Kier molecular flexibility index (Phi) is 5.14. The van der Waals surface area contributed by atoms with Crippen LogP contribution in [0.5, 0.6) is 0 Å². The number of nitrogens with zero attached hydrogens (tertiary/aromatic N) is 7. The van der Waals surface area contributed by atoms with Crippen molar-refractivity contribution in [1.29, 1.82) is 0 Å². The Morgan fingerprint density at radius 2 is 1.94 bits per heavy atom. The number of hydrogen-bond acceptors (Lipinski definition) is 8. The second-order valence-corrected chi connectivity index (χ2v) is 8.98. The monoisotopic (exact) mass is 454 g/mol. The fourth-order valence-corrected chi connectivity index (χ4v) is 4.65. The highest BCUT2D eigenvalue weighted by Gasteiger charge is 2.22. The Hall–Kier alpha value is -3.92. The fraction of sp³-hybridized carbons (Fsp3) is 0.333. The summed E-state index contributed by atoms with van der Waals surface area (Å²) < 4.78 is 0. The number of rotatable bonds is 5. The molecule has 0 spiro atoms. The van der Waals surface area contributed by atoms with Crippen LogP contribution in [0, 0.1) is 0 Å². The van der Waals surface area contributed by atoms with Crippen LogP contribution in [0.15, 0.2) is 42.6 Å². The van der Waals surface area contributed by atoms with Gasteiger partial charge in [0, 0.05) is 30.3 Å². The second-order valence-electron chi connectivity index (χ2n) is 8.98. The zero-order chi connectivity index (χ0) is 23.1. The number of H-pyrrole nitrogens is 1. The molecule has 1 aliphatic rings. The van der Waals surface area contributed by atoms with Gasteiger partial charge in [0.25, 0.3) is 0 Å². The van der Waals surface area contributed by atoms with Crippen LogP contribution < -0.4 is 11.1 Å². The molecule has 1 aromatic carbocycles. The predicted octanol–water partition coefficient (Wildman–Crippen LogP) is 2.97. The quantitative estimate of drug-likeness (QED) is 0.369. The van der Waals surface area contributed by atoms with Gasteiger partial charge in [-0.15, -0.1) is 10.2 Å². The van der Waals surface area contributed by atoms with Crippen molar-refractivity contribution >= 4 is 27.9 Å². The van der Waals surface area contributed by atoms with Crippen molar-refractivity contribution in [3.8, 4) is 11.4 Å². The predicted molar refractivity (Wildman–Crippen MR) is 130 cm³/mol. The second kappa shape index (κ2) is 8.45. The van der Waals surface area contributed by atoms with Crippen molar-refractivity contribution in [2.45, 2.75) is 44.2 Å². The van der Waals surface area contributed by atoms with Crippen LogP contribution in [-0.2, 0) is 13.5 Å². The first-order chi connectivity index (χ1) is 16.6. The smallest absolute Gasteiger partial charge is 0.206 e. The summed E-state index contributed by atoms with van der Waals surface area (Å²) in [4.78, 5) is 19.5. The highest BCUT2D eigenvalue weighted by atomic mass is 15.6. The van der Waals surface area contributed by atoms with Crippen LogP contribution >= 0.6 is 0 Å². The van der Waals surface area contributed by atoms with Crippen molar-refractivity contribution in [2.75, 3.05) is 5.32 Å². The standard InChI is InChI=1S/C24H26N10/c1-34-32-22(31-33-34)15-12-18-21(26-13-15)20-23(27-17-9-7-16(25)8-10-17)29-19(30-24(20)28-18)11-14-5-3-2-4-6-14/h2-6,12-13,16-17H,7-11,25H2,1H3,(H2,27,28,29,30)/t16-,17-. The fourth-order valence-electron chi connectivity index (χ4n) is 4.65. The number of aromatic amines is 1. The molecule has 1 fully saturated rings. The summed E-state index contributed by atoms with van der Waals surface area (Å²) in [6, 6.07) is 12.9. The molecule has 0 aliphatic heterocycles. The third-order valence-electron chi connectivity index (χ3n) is 6.42. The number of aryl methyl sites for hydroxylation is 1. The number of nitrogens with two attached hydrogens (primary N) is 1. The van der Waals surface area contributed by atoms with E-state index in [9.17, 15) is 0 Å². The zero-order valence-electron chi connectivity index (χ0n) is 18.9. The lowest BCUT2D eigenvalue weighted by Crippen LogP contribution is -2.33. The highest BCUT2D eigenvalue weighted by Crippen LogP contribution is 2.32. The Labute approximate surface area is 196 Å². The molecule has 34 heavy (non-hydrogen) atoms. The maximum absolute atomic E-state index is 6.13. The summed E-state index contributed by atoms with van der Waals surface area (Å²) in [5, 5.41) is 16.9. The Morgan fingerprint density at radius 3 is 2.71 bits per heavy atom. The number of anilines is 1. The lowest BCUT2D eigenvalue weighted by Gasteiger charge is -2.27. The SMILES string of the molecule is Cn1nnc(-c2cnc3c(c2)[nH]c2nc(Cc4ccccc4)nc(N[C@H]4CC[C@H](N)CC4)c23)n1. The minimum absolute atomic E-state index is 0.292. The number of pyridine rings is 1. The van der Waals surface area contributed by atoms with E-state index >= 15 is 0 Å². The number of hydrogen-bond donors (Lipinski definition) is 3. The van der Waals surface area contributed by atoms with Gasteiger partial charge in [0.15, 0.2) is 0 Å². The van der Waals surface area contributed by atoms with E-state index < -0.39 is 0 Å². The summed E-state index contributed by atoms with van der Waals surface area (Å²) in [6.45, 7) is 0. The van der Waals surface area contributed by atoms with E-state index in [1.807, 2.05) is 24.3 Å². The van der Waals surface area contributed by atoms with Crippen molar-refractivity contribution in [2.24, 2.45) is 12.8 Å². The average molecular weight is 455 g/mol. The van der Waals surface area contributed by atoms with Gasteiger partial charge in [-0.05, 0) is 42.5 Å². The molecule has 0 radical (unpaired) electrons. The summed E-state index contributed by atoms with van der Waals surface area (Å²) in [7, 11) is 1.74. The van der Waals surface area contributed by atoms with Crippen LogP contribution in [0.1, 0.15) is 37.1 Å². The third-order valence-corrected chi connectivity index (χ3v) is 6.42. The van der Waals surface area contributed by atoms with Crippen LogP contribution in [-0.4, -0.2) is 52.2 Å². The van der Waals surface area contributed by atoms with E-state index in [2.05, 4.69) is 37.8 Å². The third kappa shape index (κ3) is 3.96. The van der Waals surface area contributed by atoms with Crippen molar-refractivity contribution in [1.82, 2.24) is 40.1 Å². The van der Waals surface area contributed by atoms with E-state index in [0.717, 1.165) is 65.0 Å². The molecule has 10 nitrogen and oxygen atoms in total. The average Bonchev–Trinajstić information content (AvgIpc) is 3.44. The maximum Gasteiger partial charge on any atom is 0.206 e. The molecule has 0 amide bonds. The normalized spacial score (nSPS) is 18.5. The molecule has 0 saturated heterocycles. The molecule has 4 N–H and O–H groups in total. The van der Waals surface area contributed by atoms with Gasteiger partial charge >= 0.3 is 0 Å². The number of aromatic nitrogens is 8. The van der Waals surface area contributed by atoms with Gasteiger partial charge in [-0.25, -0.2) is 9.97 Å². The van der Waals surface area contributed by atoms with E-state index in [1.54, 1.807) is 13.2 Å². The lowest BCUT2D eigenvalue weighted by atomic mass is 9.92. The molecular weight excluding hydrogens is 428 g/mol. The topological polar surface area (TPSA) is 136 Å². The number of nitrogens with one attached hydrogen (secondary N) is 2. The van der Waals surface area contributed by atoms with E-state index in [0.29, 0.717) is 24.3 Å². The van der Waals surface area contributed by atoms with Gasteiger partial charge < -0.3 is 16.0 Å². The van der Waals surface area contributed by atoms with Crippen LogP contribution in [0.3, 0.4) is 0 Å². The maximum atomic E-state index is 6.13. The van der Waals surface area contributed by atoms with Crippen LogP contribution in [0.2, 0.25) is 0 Å². The number of benzene rings is 1. The Balaban J connectivity index is 1.44. The molecule has 4 heterocycles. The van der Waals surface area contributed by atoms with Gasteiger partial charge in [-0.2, -0.15) is 4.80 Å². The van der Waals surface area contributed by atoms with Gasteiger partial charge in [0.1, 0.15) is 22.8 Å². The van der Waals surface area contributed by atoms with Crippen molar-refractivity contribution in [3.63, 3.8) is 0 Å². The highest BCUT2D eigenvalue weighted by molar-refractivity contribution is 6.09. The molecule has 4 aromatic heterocycles. The number of tetrazole rings is 1. The molecular formula is C24H26N10. The molecule has 0 unspecified atom stereocenters. The van der Waals surface area contributed by atoms with E-state index in [1.165, 1.54) is 10.4 Å². The van der Waals surface area contributed by atoms with E-state index in [-0.39, 0.29) is 0 Å². The first kappa shape index (κ1) is 20.7. The summed E-state index contributed by atoms with van der Waals surface area (Å²) >= 11 is 0. The van der Waals surface area contributed by atoms with Crippen LogP contribution in [0.25, 0.3) is 33.5 Å². The van der Waals surface area contributed by atoms with Crippen molar-refractivity contribution < 1.29 is 0 Å². The van der Waals surface area contributed by atoms with Gasteiger partial charge in [-0.3, -0.25) is 4.98 Å². The summed E-state index contributed by atoms with van der Waals surface area (Å²) in [6.07, 6.45) is 6.51. The molecule has 0 atom stereocenters. The largest absolute Gasteiger partial charge is 0.367 e. The van der Waals surface area contributed by atoms with Gasteiger partial charge in [-0.1, -0.05) is 30.3 Å².